The van der Waals surface area contributed by atoms with Crippen LogP contribution in [0.3, 0.4) is 0 Å². The van der Waals surface area contributed by atoms with Gasteiger partial charge in [-0.05, 0) is 18.8 Å². The first-order valence-electron chi connectivity index (χ1n) is 7.31. The average Bonchev–Trinajstić information content (AvgIpc) is 2.76. The van der Waals surface area contributed by atoms with E-state index >= 15 is 0 Å². The normalized spacial score (nSPS) is 15.7. The van der Waals surface area contributed by atoms with E-state index in [-0.39, 0.29) is 10.6 Å². The minimum Gasteiger partial charge on any atom is -0.351 e. The highest BCUT2D eigenvalue weighted by atomic mass is 32.2. The van der Waals surface area contributed by atoms with Crippen LogP contribution < -0.4 is 10.5 Å². The summed E-state index contributed by atoms with van der Waals surface area (Å²) in [5.41, 5.74) is 0.263. The van der Waals surface area contributed by atoms with E-state index in [2.05, 4.69) is 15.5 Å². The molecule has 1 fully saturated rings. The van der Waals surface area contributed by atoms with Crippen LogP contribution in [0.5, 0.6) is 0 Å². The molecular weight excluding hydrogens is 292 g/mol. The van der Waals surface area contributed by atoms with E-state index in [1.807, 2.05) is 6.92 Å². The zero-order valence-electron chi connectivity index (χ0n) is 12.2. The molecule has 8 heteroatoms. The van der Waals surface area contributed by atoms with Crippen molar-refractivity contribution in [2.75, 3.05) is 6.54 Å². The lowest BCUT2D eigenvalue weighted by molar-refractivity contribution is 0.0940. The molecule has 1 aliphatic carbocycles. The quantitative estimate of drug-likeness (QED) is 0.693. The molecule has 0 aliphatic heterocycles. The number of aromatic amines is 1. The van der Waals surface area contributed by atoms with Crippen molar-refractivity contribution in [1.29, 1.82) is 0 Å². The highest BCUT2D eigenvalue weighted by Crippen LogP contribution is 2.28. The van der Waals surface area contributed by atoms with E-state index in [1.165, 1.54) is 19.3 Å². The average molecular weight is 314 g/mol. The lowest BCUT2D eigenvalue weighted by atomic mass is 9.83. The van der Waals surface area contributed by atoms with Gasteiger partial charge in [-0.25, -0.2) is 13.6 Å². The second-order valence-corrected chi connectivity index (χ2v) is 7.01. The molecule has 0 atom stereocenters. The van der Waals surface area contributed by atoms with Crippen molar-refractivity contribution in [3.05, 3.63) is 11.4 Å². The number of carbonyl (C=O) groups excluding carboxylic acids is 1. The Balaban J connectivity index is 2.08. The summed E-state index contributed by atoms with van der Waals surface area (Å²) in [7, 11) is -3.98. The van der Waals surface area contributed by atoms with Crippen molar-refractivity contribution in [2.45, 2.75) is 50.3 Å². The summed E-state index contributed by atoms with van der Waals surface area (Å²) in [6.07, 6.45) is 5.81. The molecule has 0 bridgehead atoms. The maximum atomic E-state index is 12.1. The third-order valence-electron chi connectivity index (χ3n) is 3.85. The highest BCUT2D eigenvalue weighted by molar-refractivity contribution is 7.89. The van der Waals surface area contributed by atoms with E-state index in [0.29, 0.717) is 24.6 Å². The van der Waals surface area contributed by atoms with E-state index in [1.54, 1.807) is 0 Å². The van der Waals surface area contributed by atoms with Crippen molar-refractivity contribution < 1.29 is 13.2 Å². The number of rotatable bonds is 7. The van der Waals surface area contributed by atoms with Crippen LogP contribution >= 0.6 is 0 Å². The molecule has 1 aromatic heterocycles. The highest BCUT2D eigenvalue weighted by Gasteiger charge is 2.27. The number of aromatic nitrogens is 2. The summed E-state index contributed by atoms with van der Waals surface area (Å²) in [5, 5.41) is 14.4. The first-order valence-corrected chi connectivity index (χ1v) is 8.86. The van der Waals surface area contributed by atoms with Crippen molar-refractivity contribution in [3.63, 3.8) is 0 Å². The first kappa shape index (κ1) is 16.0. The monoisotopic (exact) mass is 314 g/mol. The zero-order chi connectivity index (χ0) is 15.5. The Morgan fingerprint density at radius 2 is 2.19 bits per heavy atom. The number of carbonyl (C=O) groups is 1. The van der Waals surface area contributed by atoms with Crippen LogP contribution in [0.25, 0.3) is 0 Å². The van der Waals surface area contributed by atoms with Gasteiger partial charge < -0.3 is 5.32 Å². The fourth-order valence-corrected chi connectivity index (χ4v) is 3.40. The van der Waals surface area contributed by atoms with Gasteiger partial charge in [0.05, 0.1) is 5.69 Å². The largest absolute Gasteiger partial charge is 0.351 e. The Morgan fingerprint density at radius 1 is 1.48 bits per heavy atom. The molecule has 0 unspecified atom stereocenters. The molecule has 1 aliphatic rings. The van der Waals surface area contributed by atoms with Gasteiger partial charge in [0.1, 0.15) is 4.90 Å². The van der Waals surface area contributed by atoms with Crippen LogP contribution in [-0.2, 0) is 16.4 Å². The number of nitrogens with two attached hydrogens (primary N) is 1. The smallest absolute Gasteiger partial charge is 0.273 e. The van der Waals surface area contributed by atoms with Crippen molar-refractivity contribution in [1.82, 2.24) is 15.5 Å². The molecule has 1 amide bonds. The number of sulfonamides is 1. The number of aryl methyl sites for hydroxylation is 1. The summed E-state index contributed by atoms with van der Waals surface area (Å²) in [6, 6.07) is 0. The van der Waals surface area contributed by atoms with E-state index in [4.69, 9.17) is 5.14 Å². The summed E-state index contributed by atoms with van der Waals surface area (Å²) >= 11 is 0. The second kappa shape index (κ2) is 6.57. The van der Waals surface area contributed by atoms with Gasteiger partial charge in [-0.1, -0.05) is 32.6 Å². The summed E-state index contributed by atoms with van der Waals surface area (Å²) in [4.78, 5) is 11.9. The molecule has 0 radical (unpaired) electrons. The molecular formula is C13H22N4O3S. The predicted octanol–water partition coefficient (Wildman–Crippen LogP) is 0.930. The van der Waals surface area contributed by atoms with Gasteiger partial charge in [0, 0.05) is 6.54 Å². The van der Waals surface area contributed by atoms with Gasteiger partial charge in [0.25, 0.3) is 5.91 Å². The molecule has 1 saturated carbocycles. The zero-order valence-corrected chi connectivity index (χ0v) is 13.0. The predicted molar refractivity (Wildman–Crippen MR) is 78.2 cm³/mol. The van der Waals surface area contributed by atoms with Crippen LogP contribution in [-0.4, -0.2) is 31.1 Å². The number of hydrogen-bond donors (Lipinski definition) is 3. The molecule has 2 rings (SSSR count). The van der Waals surface area contributed by atoms with Gasteiger partial charge >= 0.3 is 0 Å². The first-order chi connectivity index (χ1) is 9.93. The number of nitrogens with zero attached hydrogens (tertiary/aromatic N) is 1. The fourth-order valence-electron chi connectivity index (χ4n) is 2.50. The van der Waals surface area contributed by atoms with Crippen molar-refractivity contribution in [2.24, 2.45) is 11.1 Å². The number of H-pyrrole nitrogens is 1. The third-order valence-corrected chi connectivity index (χ3v) is 4.86. The SMILES string of the molecule is CCCc1[nH]nc(C(=O)NCCC2CCC2)c1S(N)(=O)=O. The molecule has 7 nitrogen and oxygen atoms in total. The Kier molecular flexibility index (Phi) is 5.00. The fraction of sp³-hybridized carbons (Fsp3) is 0.692. The van der Waals surface area contributed by atoms with E-state index in [9.17, 15) is 13.2 Å². The Hall–Kier alpha value is -1.41. The second-order valence-electron chi connectivity index (χ2n) is 5.52. The van der Waals surface area contributed by atoms with Gasteiger partial charge in [-0.3, -0.25) is 9.89 Å². The lowest BCUT2D eigenvalue weighted by Gasteiger charge is -2.25. The number of amides is 1. The van der Waals surface area contributed by atoms with Crippen LogP contribution in [0.2, 0.25) is 0 Å². The molecule has 1 aromatic rings. The Labute approximate surface area is 124 Å². The maximum absolute atomic E-state index is 12.1. The standard InChI is InChI=1S/C13H22N4O3S/c1-2-4-10-12(21(14,19)20)11(17-16-10)13(18)15-8-7-9-5-3-6-9/h9H,2-8H2,1H3,(H,15,18)(H,16,17)(H2,14,19,20). The Bertz CT molecular complexity index is 605. The van der Waals surface area contributed by atoms with Crippen LogP contribution in [0.15, 0.2) is 4.90 Å². The van der Waals surface area contributed by atoms with E-state index < -0.39 is 15.9 Å². The molecule has 118 valence electrons. The van der Waals surface area contributed by atoms with E-state index in [0.717, 1.165) is 12.8 Å². The minimum atomic E-state index is -3.98. The minimum absolute atomic E-state index is 0.130. The number of primary sulfonamides is 1. The maximum Gasteiger partial charge on any atom is 0.273 e. The summed E-state index contributed by atoms with van der Waals surface area (Å²) < 4.78 is 23.4. The Morgan fingerprint density at radius 3 is 2.71 bits per heavy atom. The van der Waals surface area contributed by atoms with Gasteiger partial charge in [0.15, 0.2) is 5.69 Å². The third kappa shape index (κ3) is 3.82. The molecule has 0 spiro atoms. The molecule has 1 heterocycles. The number of nitrogens with one attached hydrogen (secondary N) is 2. The molecule has 21 heavy (non-hydrogen) atoms. The van der Waals surface area contributed by atoms with Crippen LogP contribution in [0.1, 0.15) is 55.2 Å². The molecule has 4 N–H and O–H groups in total. The number of hydrogen-bond acceptors (Lipinski definition) is 4. The van der Waals surface area contributed by atoms with Crippen LogP contribution in [0.4, 0.5) is 0 Å². The molecule has 0 aromatic carbocycles. The lowest BCUT2D eigenvalue weighted by Crippen LogP contribution is -2.29. The topological polar surface area (TPSA) is 118 Å². The molecule has 0 saturated heterocycles. The van der Waals surface area contributed by atoms with Crippen LogP contribution in [0, 0.1) is 5.92 Å². The van der Waals surface area contributed by atoms with Gasteiger partial charge in [-0.15, -0.1) is 0 Å². The summed E-state index contributed by atoms with van der Waals surface area (Å²) in [6.45, 7) is 2.44. The van der Waals surface area contributed by atoms with Gasteiger partial charge in [-0.2, -0.15) is 5.10 Å². The van der Waals surface area contributed by atoms with Crippen molar-refractivity contribution in [3.8, 4) is 0 Å². The van der Waals surface area contributed by atoms with Gasteiger partial charge in [0.2, 0.25) is 10.0 Å². The summed E-state index contributed by atoms with van der Waals surface area (Å²) in [5.74, 6) is 0.190. The van der Waals surface area contributed by atoms with Crippen molar-refractivity contribution >= 4 is 15.9 Å².